The molecule has 2 heteroatoms. The van der Waals surface area contributed by atoms with Crippen molar-refractivity contribution in [2.24, 2.45) is 0 Å². The summed E-state index contributed by atoms with van der Waals surface area (Å²) < 4.78 is 5.25. The highest BCUT2D eigenvalue weighted by Gasteiger charge is 1.95. The van der Waals surface area contributed by atoms with Gasteiger partial charge in [0, 0.05) is 6.42 Å². The Bertz CT molecular complexity index is 204. The molecule has 1 aromatic rings. The van der Waals surface area contributed by atoms with E-state index in [-0.39, 0.29) is 0 Å². The summed E-state index contributed by atoms with van der Waals surface area (Å²) in [6.45, 7) is 1.19. The van der Waals surface area contributed by atoms with Crippen LogP contribution in [0.4, 0.5) is 0 Å². The van der Waals surface area contributed by atoms with Gasteiger partial charge in [0.05, 0.1) is 6.26 Å². The first-order valence-electron chi connectivity index (χ1n) is 4.96. The number of aryl methyl sites for hydroxylation is 1. The van der Waals surface area contributed by atoms with Gasteiger partial charge < -0.3 is 9.32 Å². The molecular weight excluding hydrogens is 162 g/mol. The predicted octanol–water partition coefficient (Wildman–Crippen LogP) is 2.55. The minimum absolute atomic E-state index is 1.08. The van der Waals surface area contributed by atoms with E-state index < -0.39 is 0 Å². The van der Waals surface area contributed by atoms with Gasteiger partial charge in [-0.1, -0.05) is 6.42 Å². The Morgan fingerprint density at radius 1 is 1.23 bits per heavy atom. The minimum Gasteiger partial charge on any atom is -0.469 e. The summed E-state index contributed by atoms with van der Waals surface area (Å²) in [6, 6.07) is 4.00. The van der Waals surface area contributed by atoms with Gasteiger partial charge in [-0.3, -0.25) is 0 Å². The molecule has 0 bridgehead atoms. The zero-order valence-corrected chi connectivity index (χ0v) is 8.62. The van der Waals surface area contributed by atoms with Gasteiger partial charge in [-0.05, 0) is 45.6 Å². The first-order chi connectivity index (χ1) is 6.29. The molecule has 0 fully saturated rings. The molecule has 0 aliphatic rings. The second-order valence-electron chi connectivity index (χ2n) is 3.69. The number of unbranched alkanes of at least 4 members (excludes halogenated alkanes) is 2. The first kappa shape index (κ1) is 10.3. The van der Waals surface area contributed by atoms with E-state index in [2.05, 4.69) is 19.0 Å². The van der Waals surface area contributed by atoms with E-state index in [1.165, 1.54) is 25.8 Å². The fourth-order valence-corrected chi connectivity index (χ4v) is 1.36. The van der Waals surface area contributed by atoms with Gasteiger partial charge in [-0.25, -0.2) is 0 Å². The van der Waals surface area contributed by atoms with Crippen molar-refractivity contribution in [3.63, 3.8) is 0 Å². The summed E-state index contributed by atoms with van der Waals surface area (Å²) in [5.74, 6) is 1.12. The second kappa shape index (κ2) is 5.81. The molecule has 1 heterocycles. The Hall–Kier alpha value is -0.760. The molecule has 0 saturated heterocycles. The third kappa shape index (κ3) is 4.73. The highest BCUT2D eigenvalue weighted by Crippen LogP contribution is 2.06. The maximum Gasteiger partial charge on any atom is 0.103 e. The molecule has 0 saturated carbocycles. The zero-order chi connectivity index (χ0) is 9.52. The molecule has 0 atom stereocenters. The number of furan rings is 1. The maximum atomic E-state index is 5.25. The van der Waals surface area contributed by atoms with Crippen LogP contribution in [0, 0.1) is 0 Å². The molecule has 2 nitrogen and oxygen atoms in total. The monoisotopic (exact) mass is 181 g/mol. The van der Waals surface area contributed by atoms with Crippen molar-refractivity contribution in [2.75, 3.05) is 20.6 Å². The lowest BCUT2D eigenvalue weighted by atomic mass is 10.1. The molecule has 0 N–H and O–H groups in total. The molecule has 0 unspecified atom stereocenters. The van der Waals surface area contributed by atoms with E-state index in [1.807, 2.05) is 12.1 Å². The molecule has 0 spiro atoms. The molecule has 1 aromatic heterocycles. The average molecular weight is 181 g/mol. The molecule has 0 aliphatic heterocycles. The van der Waals surface area contributed by atoms with Gasteiger partial charge in [0.2, 0.25) is 0 Å². The van der Waals surface area contributed by atoms with Crippen LogP contribution in [0.3, 0.4) is 0 Å². The number of rotatable bonds is 6. The van der Waals surface area contributed by atoms with Gasteiger partial charge in [-0.15, -0.1) is 0 Å². The van der Waals surface area contributed by atoms with Crippen molar-refractivity contribution in [3.05, 3.63) is 24.2 Å². The summed E-state index contributed by atoms with van der Waals surface area (Å²) in [6.07, 6.45) is 6.64. The molecule has 13 heavy (non-hydrogen) atoms. The highest BCUT2D eigenvalue weighted by molar-refractivity contribution is 4.97. The van der Waals surface area contributed by atoms with Gasteiger partial charge in [0.1, 0.15) is 5.76 Å². The summed E-state index contributed by atoms with van der Waals surface area (Å²) in [7, 11) is 4.24. The third-order valence-corrected chi connectivity index (χ3v) is 2.11. The van der Waals surface area contributed by atoms with Crippen molar-refractivity contribution < 1.29 is 4.42 Å². The Morgan fingerprint density at radius 2 is 2.08 bits per heavy atom. The molecule has 0 aromatic carbocycles. The van der Waals surface area contributed by atoms with Crippen LogP contribution in [0.15, 0.2) is 22.8 Å². The van der Waals surface area contributed by atoms with Gasteiger partial charge in [0.25, 0.3) is 0 Å². The van der Waals surface area contributed by atoms with Crippen LogP contribution >= 0.6 is 0 Å². The quantitative estimate of drug-likeness (QED) is 0.627. The SMILES string of the molecule is CN(C)CCCCCc1ccco1. The van der Waals surface area contributed by atoms with E-state index in [1.54, 1.807) is 6.26 Å². The van der Waals surface area contributed by atoms with Crippen molar-refractivity contribution in [3.8, 4) is 0 Å². The fourth-order valence-electron chi connectivity index (χ4n) is 1.36. The molecule has 0 amide bonds. The maximum absolute atomic E-state index is 5.25. The Kier molecular flexibility index (Phi) is 4.61. The van der Waals surface area contributed by atoms with Crippen LogP contribution in [0.1, 0.15) is 25.0 Å². The zero-order valence-electron chi connectivity index (χ0n) is 8.62. The van der Waals surface area contributed by atoms with Crippen LogP contribution in [0.5, 0.6) is 0 Å². The third-order valence-electron chi connectivity index (χ3n) is 2.11. The topological polar surface area (TPSA) is 16.4 Å². The standard InChI is InChI=1S/C11H19NO/c1-12(2)9-5-3-4-7-11-8-6-10-13-11/h6,8,10H,3-5,7,9H2,1-2H3. The average Bonchev–Trinajstić information content (AvgIpc) is 2.55. The molecule has 74 valence electrons. The summed E-state index contributed by atoms with van der Waals surface area (Å²) in [5, 5.41) is 0. The number of hydrogen-bond donors (Lipinski definition) is 0. The van der Waals surface area contributed by atoms with Crippen LogP contribution in [0.25, 0.3) is 0 Å². The number of hydrogen-bond acceptors (Lipinski definition) is 2. The molecule has 0 aliphatic carbocycles. The smallest absolute Gasteiger partial charge is 0.103 e. The second-order valence-corrected chi connectivity index (χ2v) is 3.69. The highest BCUT2D eigenvalue weighted by atomic mass is 16.3. The van der Waals surface area contributed by atoms with Crippen LogP contribution in [-0.4, -0.2) is 25.5 Å². The Balaban J connectivity index is 1.96. The van der Waals surface area contributed by atoms with Crippen molar-refractivity contribution >= 4 is 0 Å². The van der Waals surface area contributed by atoms with Crippen molar-refractivity contribution in [2.45, 2.75) is 25.7 Å². The van der Waals surface area contributed by atoms with E-state index >= 15 is 0 Å². The fraction of sp³-hybridized carbons (Fsp3) is 0.636. The number of nitrogens with zero attached hydrogens (tertiary/aromatic N) is 1. The van der Waals surface area contributed by atoms with Crippen molar-refractivity contribution in [1.29, 1.82) is 0 Å². The summed E-state index contributed by atoms with van der Waals surface area (Å²) in [5.41, 5.74) is 0. The molecular formula is C11H19NO. The van der Waals surface area contributed by atoms with E-state index in [9.17, 15) is 0 Å². The normalized spacial score (nSPS) is 11.0. The minimum atomic E-state index is 1.08. The lowest BCUT2D eigenvalue weighted by Crippen LogP contribution is -2.12. The lowest BCUT2D eigenvalue weighted by Gasteiger charge is -2.07. The summed E-state index contributed by atoms with van der Waals surface area (Å²) in [4.78, 5) is 2.23. The van der Waals surface area contributed by atoms with Gasteiger partial charge >= 0.3 is 0 Å². The van der Waals surface area contributed by atoms with Crippen LogP contribution in [-0.2, 0) is 6.42 Å². The van der Waals surface area contributed by atoms with E-state index in [0.29, 0.717) is 0 Å². The van der Waals surface area contributed by atoms with E-state index in [0.717, 1.165) is 12.2 Å². The molecule has 1 rings (SSSR count). The lowest BCUT2D eigenvalue weighted by molar-refractivity contribution is 0.389. The summed E-state index contributed by atoms with van der Waals surface area (Å²) >= 11 is 0. The van der Waals surface area contributed by atoms with Crippen molar-refractivity contribution in [1.82, 2.24) is 4.90 Å². The van der Waals surface area contributed by atoms with E-state index in [4.69, 9.17) is 4.42 Å². The molecule has 0 radical (unpaired) electrons. The largest absolute Gasteiger partial charge is 0.469 e. The first-order valence-corrected chi connectivity index (χ1v) is 4.96. The predicted molar refractivity (Wildman–Crippen MR) is 54.8 cm³/mol. The Labute approximate surface area is 80.5 Å². The van der Waals surface area contributed by atoms with Crippen LogP contribution in [0.2, 0.25) is 0 Å². The Morgan fingerprint density at radius 3 is 2.69 bits per heavy atom. The van der Waals surface area contributed by atoms with Gasteiger partial charge in [-0.2, -0.15) is 0 Å². The van der Waals surface area contributed by atoms with Crippen LogP contribution < -0.4 is 0 Å². The van der Waals surface area contributed by atoms with Gasteiger partial charge in [0.15, 0.2) is 0 Å².